The molecule has 2 aliphatic heterocycles. The van der Waals surface area contributed by atoms with Crippen molar-refractivity contribution < 1.29 is 4.39 Å². The van der Waals surface area contributed by atoms with Gasteiger partial charge in [0, 0.05) is 22.6 Å². The normalized spacial score (nSPS) is 25.2. The predicted octanol–water partition coefficient (Wildman–Crippen LogP) is 3.55. The van der Waals surface area contributed by atoms with E-state index in [-0.39, 0.29) is 5.82 Å². The first kappa shape index (κ1) is 14.5. The van der Waals surface area contributed by atoms with Crippen LogP contribution in [0.3, 0.4) is 0 Å². The molecule has 1 aromatic rings. The van der Waals surface area contributed by atoms with Gasteiger partial charge in [-0.25, -0.2) is 4.39 Å². The molecule has 3 rings (SSSR count). The molecule has 0 amide bonds. The monoisotopic (exact) mass is 340 g/mol. The van der Waals surface area contributed by atoms with Crippen molar-refractivity contribution in [3.05, 3.63) is 34.1 Å². The van der Waals surface area contributed by atoms with E-state index < -0.39 is 0 Å². The number of likely N-dealkylation sites (tertiary alicyclic amines) is 1. The fourth-order valence-electron chi connectivity index (χ4n) is 3.53. The molecule has 1 atom stereocenters. The number of rotatable bonds is 3. The lowest BCUT2D eigenvalue weighted by atomic mass is 9.88. The van der Waals surface area contributed by atoms with Gasteiger partial charge in [0.25, 0.3) is 0 Å². The summed E-state index contributed by atoms with van der Waals surface area (Å²) < 4.78 is 14.7. The maximum atomic E-state index is 13.9. The molecule has 2 fully saturated rings. The number of nitrogens with zero attached hydrogens (tertiary/aromatic N) is 1. The van der Waals surface area contributed by atoms with Crippen LogP contribution >= 0.6 is 15.9 Å². The molecule has 2 saturated heterocycles. The summed E-state index contributed by atoms with van der Waals surface area (Å²) in [6.07, 6.45) is 5.14. The molecule has 1 unspecified atom stereocenters. The van der Waals surface area contributed by atoms with Gasteiger partial charge >= 0.3 is 0 Å². The maximum absolute atomic E-state index is 13.9. The van der Waals surface area contributed by atoms with Gasteiger partial charge in [-0.3, -0.25) is 4.90 Å². The van der Waals surface area contributed by atoms with Gasteiger partial charge in [-0.2, -0.15) is 0 Å². The molecule has 4 heteroatoms. The number of benzene rings is 1. The fourth-order valence-corrected chi connectivity index (χ4v) is 4.00. The standard InChI is InChI=1S/C16H22BrFN2/c17-14-3-1-4-15(18)13(14)11-20-9-6-12(7-10-20)16-5-2-8-19-16/h1,3-4,12,16,19H,2,5-11H2. The SMILES string of the molecule is Fc1cccc(Br)c1CN1CCC(C2CCCN2)CC1. The first-order valence-corrected chi connectivity index (χ1v) is 8.42. The Morgan fingerprint density at radius 1 is 1.25 bits per heavy atom. The first-order valence-electron chi connectivity index (χ1n) is 7.62. The van der Waals surface area contributed by atoms with E-state index in [9.17, 15) is 4.39 Å². The minimum absolute atomic E-state index is 0.0982. The predicted molar refractivity (Wildman–Crippen MR) is 83.1 cm³/mol. The third-order valence-electron chi connectivity index (χ3n) is 4.74. The Balaban J connectivity index is 1.56. The van der Waals surface area contributed by atoms with Crippen molar-refractivity contribution in [2.75, 3.05) is 19.6 Å². The molecule has 0 radical (unpaired) electrons. The molecule has 1 N–H and O–H groups in total. The van der Waals surface area contributed by atoms with Crippen LogP contribution in [0.2, 0.25) is 0 Å². The molecule has 2 aliphatic rings. The second kappa shape index (κ2) is 6.54. The topological polar surface area (TPSA) is 15.3 Å². The highest BCUT2D eigenvalue weighted by molar-refractivity contribution is 9.10. The van der Waals surface area contributed by atoms with E-state index in [2.05, 4.69) is 26.1 Å². The zero-order valence-electron chi connectivity index (χ0n) is 11.7. The average Bonchev–Trinajstić information content (AvgIpc) is 2.98. The number of hydrogen-bond acceptors (Lipinski definition) is 2. The second-order valence-electron chi connectivity index (χ2n) is 6.02. The van der Waals surface area contributed by atoms with E-state index in [1.54, 1.807) is 12.1 Å². The van der Waals surface area contributed by atoms with E-state index in [1.165, 1.54) is 32.2 Å². The van der Waals surface area contributed by atoms with Crippen molar-refractivity contribution in [1.82, 2.24) is 10.2 Å². The molecule has 0 aromatic heterocycles. The second-order valence-corrected chi connectivity index (χ2v) is 6.87. The van der Waals surface area contributed by atoms with Crippen molar-refractivity contribution in [1.29, 1.82) is 0 Å². The largest absolute Gasteiger partial charge is 0.314 e. The summed E-state index contributed by atoms with van der Waals surface area (Å²) in [6, 6.07) is 5.96. The highest BCUT2D eigenvalue weighted by Crippen LogP contribution is 2.28. The quantitative estimate of drug-likeness (QED) is 0.905. The summed E-state index contributed by atoms with van der Waals surface area (Å²) in [7, 11) is 0. The number of nitrogens with one attached hydrogen (secondary N) is 1. The van der Waals surface area contributed by atoms with Crippen LogP contribution in [0.4, 0.5) is 4.39 Å². The highest BCUT2D eigenvalue weighted by Gasteiger charge is 2.28. The fraction of sp³-hybridized carbons (Fsp3) is 0.625. The van der Waals surface area contributed by atoms with Crippen molar-refractivity contribution >= 4 is 15.9 Å². The van der Waals surface area contributed by atoms with Crippen molar-refractivity contribution in [3.8, 4) is 0 Å². The van der Waals surface area contributed by atoms with Crippen LogP contribution in [0.1, 0.15) is 31.2 Å². The van der Waals surface area contributed by atoms with Crippen molar-refractivity contribution in [2.45, 2.75) is 38.3 Å². The smallest absolute Gasteiger partial charge is 0.128 e. The van der Waals surface area contributed by atoms with Gasteiger partial charge in [0.1, 0.15) is 5.82 Å². The summed E-state index contributed by atoms with van der Waals surface area (Å²) in [6.45, 7) is 4.08. The van der Waals surface area contributed by atoms with Crippen LogP contribution in [0, 0.1) is 11.7 Å². The Bertz CT molecular complexity index is 432. The molecular formula is C16H22BrFN2. The van der Waals surface area contributed by atoms with Gasteiger partial charge in [-0.1, -0.05) is 22.0 Å². The Labute approximate surface area is 128 Å². The average molecular weight is 341 g/mol. The van der Waals surface area contributed by atoms with Crippen LogP contribution in [-0.2, 0) is 6.54 Å². The van der Waals surface area contributed by atoms with Gasteiger partial charge in [0.05, 0.1) is 0 Å². The molecule has 110 valence electrons. The van der Waals surface area contributed by atoms with E-state index in [0.29, 0.717) is 0 Å². The molecular weight excluding hydrogens is 319 g/mol. The minimum atomic E-state index is -0.0982. The van der Waals surface area contributed by atoms with Crippen molar-refractivity contribution in [2.24, 2.45) is 5.92 Å². The van der Waals surface area contributed by atoms with Gasteiger partial charge in [-0.05, 0) is 63.4 Å². The Kier molecular flexibility index (Phi) is 4.74. The third kappa shape index (κ3) is 3.23. The van der Waals surface area contributed by atoms with Crippen LogP contribution < -0.4 is 5.32 Å². The molecule has 20 heavy (non-hydrogen) atoms. The maximum Gasteiger partial charge on any atom is 0.128 e. The first-order chi connectivity index (χ1) is 9.74. The van der Waals surface area contributed by atoms with Crippen LogP contribution in [-0.4, -0.2) is 30.6 Å². The molecule has 2 nitrogen and oxygen atoms in total. The summed E-state index contributed by atoms with van der Waals surface area (Å²) in [5.74, 6) is 0.719. The zero-order chi connectivity index (χ0) is 13.9. The minimum Gasteiger partial charge on any atom is -0.314 e. The van der Waals surface area contributed by atoms with Crippen LogP contribution in [0.15, 0.2) is 22.7 Å². The zero-order valence-corrected chi connectivity index (χ0v) is 13.3. The third-order valence-corrected chi connectivity index (χ3v) is 5.49. The molecule has 0 aliphatic carbocycles. The summed E-state index contributed by atoms with van der Waals surface area (Å²) in [4.78, 5) is 2.38. The molecule has 2 heterocycles. The lowest BCUT2D eigenvalue weighted by Gasteiger charge is -2.35. The van der Waals surface area contributed by atoms with E-state index in [0.717, 1.165) is 41.6 Å². The molecule has 0 bridgehead atoms. The lowest BCUT2D eigenvalue weighted by Crippen LogP contribution is -2.40. The van der Waals surface area contributed by atoms with Gasteiger partial charge in [-0.15, -0.1) is 0 Å². The van der Waals surface area contributed by atoms with Crippen LogP contribution in [0.5, 0.6) is 0 Å². The number of piperidine rings is 1. The van der Waals surface area contributed by atoms with Gasteiger partial charge in [0.2, 0.25) is 0 Å². The molecule has 0 spiro atoms. The molecule has 0 saturated carbocycles. The number of halogens is 2. The Morgan fingerprint density at radius 3 is 2.70 bits per heavy atom. The number of hydrogen-bond donors (Lipinski definition) is 1. The summed E-state index contributed by atoms with van der Waals surface area (Å²) >= 11 is 3.46. The van der Waals surface area contributed by atoms with Crippen molar-refractivity contribution in [3.63, 3.8) is 0 Å². The van der Waals surface area contributed by atoms with E-state index in [1.807, 2.05) is 6.07 Å². The Hall–Kier alpha value is -0.450. The Morgan fingerprint density at radius 2 is 2.05 bits per heavy atom. The summed E-state index contributed by atoms with van der Waals surface area (Å²) in [5, 5.41) is 3.62. The van der Waals surface area contributed by atoms with E-state index >= 15 is 0 Å². The summed E-state index contributed by atoms with van der Waals surface area (Å²) in [5.41, 5.74) is 0.796. The molecule has 1 aromatic carbocycles. The van der Waals surface area contributed by atoms with Gasteiger partial charge < -0.3 is 5.32 Å². The van der Waals surface area contributed by atoms with Gasteiger partial charge in [0.15, 0.2) is 0 Å². The van der Waals surface area contributed by atoms with Crippen LogP contribution in [0.25, 0.3) is 0 Å². The highest BCUT2D eigenvalue weighted by atomic mass is 79.9. The lowest BCUT2D eigenvalue weighted by molar-refractivity contribution is 0.156. The van der Waals surface area contributed by atoms with E-state index in [4.69, 9.17) is 0 Å².